The van der Waals surface area contributed by atoms with Crippen molar-refractivity contribution in [1.29, 1.82) is 0 Å². The molecule has 0 aliphatic carbocycles. The second-order valence-electron chi connectivity index (χ2n) is 6.00. The van der Waals surface area contributed by atoms with Crippen LogP contribution in [0.5, 0.6) is 5.75 Å². The third-order valence-corrected chi connectivity index (χ3v) is 4.68. The van der Waals surface area contributed by atoms with E-state index in [-0.39, 0.29) is 17.6 Å². The number of nitrogens with one attached hydrogen (secondary N) is 2. The minimum atomic E-state index is -0.602. The van der Waals surface area contributed by atoms with Crippen LogP contribution >= 0.6 is 11.8 Å². The fraction of sp³-hybridized carbons (Fsp3) is 0.444. The molecular formula is C18H26N6O3S. The number of hydrogen-bond acceptors (Lipinski definition) is 7. The SMILES string of the molecule is CCCNC(=O)[C@H](C)NC(=O)CSc1nnc(-c2ccc(OCC)cc2)n1N. The van der Waals surface area contributed by atoms with E-state index in [1.807, 2.05) is 38.1 Å². The predicted octanol–water partition coefficient (Wildman–Crippen LogP) is 1.18. The van der Waals surface area contributed by atoms with Gasteiger partial charge in [0.25, 0.3) is 0 Å². The molecule has 0 saturated carbocycles. The average molecular weight is 407 g/mol. The summed E-state index contributed by atoms with van der Waals surface area (Å²) >= 11 is 1.15. The Bertz CT molecular complexity index is 793. The normalized spacial score (nSPS) is 11.7. The van der Waals surface area contributed by atoms with Crippen LogP contribution in [-0.2, 0) is 9.59 Å². The highest BCUT2D eigenvalue weighted by molar-refractivity contribution is 7.99. The molecule has 2 aromatic rings. The van der Waals surface area contributed by atoms with E-state index in [0.29, 0.717) is 24.1 Å². The molecule has 9 nitrogen and oxygen atoms in total. The van der Waals surface area contributed by atoms with Gasteiger partial charge < -0.3 is 21.2 Å². The lowest BCUT2D eigenvalue weighted by Gasteiger charge is -2.13. The molecule has 4 N–H and O–H groups in total. The van der Waals surface area contributed by atoms with Gasteiger partial charge in [-0.25, -0.2) is 4.68 Å². The van der Waals surface area contributed by atoms with Crippen molar-refractivity contribution in [3.8, 4) is 17.1 Å². The van der Waals surface area contributed by atoms with Gasteiger partial charge in [0, 0.05) is 12.1 Å². The molecular weight excluding hydrogens is 380 g/mol. The van der Waals surface area contributed by atoms with Crippen LogP contribution in [0.15, 0.2) is 29.4 Å². The van der Waals surface area contributed by atoms with Crippen LogP contribution in [0.4, 0.5) is 0 Å². The van der Waals surface area contributed by atoms with Gasteiger partial charge >= 0.3 is 0 Å². The summed E-state index contributed by atoms with van der Waals surface area (Å²) in [5.41, 5.74) is 0.788. The van der Waals surface area contributed by atoms with Gasteiger partial charge in [-0.1, -0.05) is 18.7 Å². The summed E-state index contributed by atoms with van der Waals surface area (Å²) in [6, 6.07) is 6.75. The van der Waals surface area contributed by atoms with Gasteiger partial charge in [0.1, 0.15) is 11.8 Å². The van der Waals surface area contributed by atoms with Gasteiger partial charge in [0.15, 0.2) is 5.82 Å². The average Bonchev–Trinajstić information content (AvgIpc) is 3.05. The van der Waals surface area contributed by atoms with Crippen molar-refractivity contribution in [2.24, 2.45) is 0 Å². The lowest BCUT2D eigenvalue weighted by molar-refractivity contribution is -0.127. The largest absolute Gasteiger partial charge is 0.494 e. The fourth-order valence-corrected chi connectivity index (χ4v) is 2.99. The van der Waals surface area contributed by atoms with Crippen LogP contribution in [0.2, 0.25) is 0 Å². The molecule has 2 amide bonds. The van der Waals surface area contributed by atoms with E-state index in [1.165, 1.54) is 4.68 Å². The smallest absolute Gasteiger partial charge is 0.242 e. The second-order valence-corrected chi connectivity index (χ2v) is 6.94. The number of carbonyl (C=O) groups is 2. The lowest BCUT2D eigenvalue weighted by atomic mass is 10.2. The summed E-state index contributed by atoms with van der Waals surface area (Å²) in [5, 5.41) is 13.9. The van der Waals surface area contributed by atoms with Crippen LogP contribution in [0.1, 0.15) is 27.2 Å². The predicted molar refractivity (Wildman–Crippen MR) is 108 cm³/mol. The third-order valence-electron chi connectivity index (χ3n) is 3.74. The van der Waals surface area contributed by atoms with Gasteiger partial charge in [-0.05, 0) is 44.5 Å². The number of nitrogens with zero attached hydrogens (tertiary/aromatic N) is 3. The molecule has 152 valence electrons. The number of aromatic nitrogens is 3. The fourth-order valence-electron chi connectivity index (χ4n) is 2.32. The zero-order valence-corrected chi connectivity index (χ0v) is 17.1. The minimum Gasteiger partial charge on any atom is -0.494 e. The molecule has 2 rings (SSSR count). The molecule has 0 aliphatic heterocycles. The maximum atomic E-state index is 12.1. The molecule has 28 heavy (non-hydrogen) atoms. The first-order valence-corrected chi connectivity index (χ1v) is 10.1. The molecule has 0 spiro atoms. The molecule has 1 heterocycles. The molecule has 0 unspecified atom stereocenters. The molecule has 1 atom stereocenters. The number of amides is 2. The number of ether oxygens (including phenoxy) is 1. The Labute approximate surface area is 168 Å². The zero-order chi connectivity index (χ0) is 20.5. The summed E-state index contributed by atoms with van der Waals surface area (Å²) in [4.78, 5) is 23.9. The molecule has 0 fully saturated rings. The van der Waals surface area contributed by atoms with Crippen LogP contribution in [-0.4, -0.2) is 51.6 Å². The monoisotopic (exact) mass is 406 g/mol. The summed E-state index contributed by atoms with van der Waals surface area (Å²) in [6.07, 6.45) is 0.838. The zero-order valence-electron chi connectivity index (χ0n) is 16.3. The van der Waals surface area contributed by atoms with Crippen molar-refractivity contribution in [2.45, 2.75) is 38.4 Å². The number of benzene rings is 1. The first kappa shape index (κ1) is 21.5. The number of carbonyl (C=O) groups excluding carboxylic acids is 2. The van der Waals surface area contributed by atoms with E-state index in [2.05, 4.69) is 20.8 Å². The topological polar surface area (TPSA) is 124 Å². The molecule has 0 bridgehead atoms. The van der Waals surface area contributed by atoms with Crippen molar-refractivity contribution in [1.82, 2.24) is 25.5 Å². The lowest BCUT2D eigenvalue weighted by Crippen LogP contribution is -2.45. The highest BCUT2D eigenvalue weighted by Gasteiger charge is 2.17. The van der Waals surface area contributed by atoms with Crippen molar-refractivity contribution < 1.29 is 14.3 Å². The Morgan fingerprint density at radius 2 is 1.96 bits per heavy atom. The Balaban J connectivity index is 1.91. The van der Waals surface area contributed by atoms with E-state index in [9.17, 15) is 9.59 Å². The van der Waals surface area contributed by atoms with Gasteiger partial charge in [-0.3, -0.25) is 9.59 Å². The van der Waals surface area contributed by atoms with Crippen molar-refractivity contribution in [2.75, 3.05) is 24.7 Å². The van der Waals surface area contributed by atoms with E-state index in [1.54, 1.807) is 6.92 Å². The second kappa shape index (κ2) is 10.5. The van der Waals surface area contributed by atoms with Crippen molar-refractivity contribution in [3.05, 3.63) is 24.3 Å². The molecule has 1 aromatic heterocycles. The van der Waals surface area contributed by atoms with E-state index in [4.69, 9.17) is 10.6 Å². The standard InChI is InChI=1S/C18H26N6O3S/c1-4-10-20-17(26)12(3)21-15(25)11-28-18-23-22-16(24(18)19)13-6-8-14(9-7-13)27-5-2/h6-9,12H,4-5,10-11,19H2,1-3H3,(H,20,26)(H,21,25)/t12-/m0/s1. The highest BCUT2D eigenvalue weighted by Crippen LogP contribution is 2.23. The summed E-state index contributed by atoms with van der Waals surface area (Å²) < 4.78 is 6.75. The number of nitrogen functional groups attached to an aromatic ring is 1. The molecule has 0 radical (unpaired) electrons. The van der Waals surface area contributed by atoms with Crippen LogP contribution in [0.25, 0.3) is 11.4 Å². The molecule has 10 heteroatoms. The maximum absolute atomic E-state index is 12.1. The molecule has 0 aliphatic rings. The van der Waals surface area contributed by atoms with Crippen LogP contribution in [0.3, 0.4) is 0 Å². The number of nitrogens with two attached hydrogens (primary N) is 1. The van der Waals surface area contributed by atoms with Crippen molar-refractivity contribution >= 4 is 23.6 Å². The number of hydrogen-bond donors (Lipinski definition) is 3. The summed E-state index contributed by atoms with van der Waals surface area (Å²) in [5.74, 6) is 6.90. The van der Waals surface area contributed by atoms with E-state index in [0.717, 1.165) is 29.5 Å². The third kappa shape index (κ3) is 5.88. The Morgan fingerprint density at radius 3 is 2.61 bits per heavy atom. The highest BCUT2D eigenvalue weighted by atomic mass is 32.2. The first-order valence-electron chi connectivity index (χ1n) is 9.09. The molecule has 1 aromatic carbocycles. The van der Waals surface area contributed by atoms with Gasteiger partial charge in [-0.15, -0.1) is 10.2 Å². The Kier molecular flexibility index (Phi) is 8.12. The van der Waals surface area contributed by atoms with E-state index < -0.39 is 6.04 Å². The van der Waals surface area contributed by atoms with Crippen LogP contribution in [0, 0.1) is 0 Å². The minimum absolute atomic E-state index is 0.0734. The van der Waals surface area contributed by atoms with Gasteiger partial charge in [-0.2, -0.15) is 0 Å². The maximum Gasteiger partial charge on any atom is 0.242 e. The Morgan fingerprint density at radius 1 is 1.25 bits per heavy atom. The number of rotatable bonds is 10. The van der Waals surface area contributed by atoms with Gasteiger partial charge in [0.2, 0.25) is 17.0 Å². The summed E-state index contributed by atoms with van der Waals surface area (Å²) in [7, 11) is 0. The van der Waals surface area contributed by atoms with Crippen LogP contribution < -0.4 is 21.2 Å². The number of thioether (sulfide) groups is 1. The van der Waals surface area contributed by atoms with E-state index >= 15 is 0 Å². The quantitative estimate of drug-likeness (QED) is 0.400. The summed E-state index contributed by atoms with van der Waals surface area (Å²) in [6.45, 7) is 6.70. The van der Waals surface area contributed by atoms with Gasteiger partial charge in [0.05, 0.1) is 12.4 Å². The van der Waals surface area contributed by atoms with Crippen molar-refractivity contribution in [3.63, 3.8) is 0 Å². The Hall–Kier alpha value is -2.75. The first-order chi connectivity index (χ1) is 13.5. The molecule has 0 saturated heterocycles.